The zero-order valence-corrected chi connectivity index (χ0v) is 11.1. The van der Waals surface area contributed by atoms with E-state index in [1.807, 2.05) is 0 Å². The number of esters is 1. The molecule has 4 N–H and O–H groups in total. The topological polar surface area (TPSA) is 84.6 Å². The van der Waals surface area contributed by atoms with Crippen LogP contribution in [-0.4, -0.2) is 30.3 Å². The summed E-state index contributed by atoms with van der Waals surface area (Å²) in [6, 6.07) is 5.44. The van der Waals surface area contributed by atoms with Gasteiger partial charge in [-0.3, -0.25) is 0 Å². The molecule has 0 radical (unpaired) electrons. The first-order chi connectivity index (χ1) is 9.10. The van der Waals surface area contributed by atoms with Crippen LogP contribution in [0.4, 0.5) is 11.4 Å². The third-order valence-electron chi connectivity index (χ3n) is 3.53. The molecule has 1 aromatic carbocycles. The van der Waals surface area contributed by atoms with Crippen molar-refractivity contribution in [2.24, 2.45) is 0 Å². The molecule has 0 spiro atoms. The van der Waals surface area contributed by atoms with Crippen molar-refractivity contribution in [2.45, 2.75) is 37.8 Å². The standard InChI is InChI=1S/C14H20N2O3/c1-19-14(18)9-2-7-13(12(15)8-9)16-10-3-5-11(17)6-4-10/h2,7-8,10-11,16-17H,3-6,15H2,1H3. The van der Waals surface area contributed by atoms with Gasteiger partial charge >= 0.3 is 5.97 Å². The number of rotatable bonds is 3. The molecule has 0 saturated heterocycles. The molecule has 0 aromatic heterocycles. The molecule has 2 rings (SSSR count). The molecule has 1 fully saturated rings. The molecule has 0 amide bonds. The molecule has 0 bridgehead atoms. The molecule has 5 nitrogen and oxygen atoms in total. The number of aliphatic hydroxyl groups is 1. The van der Waals surface area contributed by atoms with Crippen molar-refractivity contribution in [1.29, 1.82) is 0 Å². The Balaban J connectivity index is 2.03. The molecular formula is C14H20N2O3. The van der Waals surface area contributed by atoms with Crippen molar-refractivity contribution in [1.82, 2.24) is 0 Å². The second-order valence-electron chi connectivity index (χ2n) is 4.94. The Labute approximate surface area is 112 Å². The van der Waals surface area contributed by atoms with E-state index >= 15 is 0 Å². The van der Waals surface area contributed by atoms with Crippen molar-refractivity contribution in [3.63, 3.8) is 0 Å². The van der Waals surface area contributed by atoms with Crippen molar-refractivity contribution in [3.05, 3.63) is 23.8 Å². The predicted octanol–water partition coefficient (Wildman–Crippen LogP) is 1.77. The van der Waals surface area contributed by atoms with Crippen LogP contribution in [0.5, 0.6) is 0 Å². The lowest BCUT2D eigenvalue weighted by Gasteiger charge is -2.27. The van der Waals surface area contributed by atoms with Crippen LogP contribution in [-0.2, 0) is 4.74 Å². The number of benzene rings is 1. The second kappa shape index (κ2) is 5.93. The second-order valence-corrected chi connectivity index (χ2v) is 4.94. The van der Waals surface area contributed by atoms with Gasteiger partial charge in [0.15, 0.2) is 0 Å². The average Bonchev–Trinajstić information content (AvgIpc) is 2.42. The van der Waals surface area contributed by atoms with Crippen LogP contribution in [0.25, 0.3) is 0 Å². The van der Waals surface area contributed by atoms with Crippen molar-refractivity contribution < 1.29 is 14.6 Å². The van der Waals surface area contributed by atoms with Crippen LogP contribution in [0.2, 0.25) is 0 Å². The van der Waals surface area contributed by atoms with Crippen LogP contribution in [0, 0.1) is 0 Å². The highest BCUT2D eigenvalue weighted by atomic mass is 16.5. The van der Waals surface area contributed by atoms with Gasteiger partial charge in [0.25, 0.3) is 0 Å². The van der Waals surface area contributed by atoms with Gasteiger partial charge in [0.05, 0.1) is 30.2 Å². The lowest BCUT2D eigenvalue weighted by molar-refractivity contribution is 0.0601. The molecule has 1 saturated carbocycles. The highest BCUT2D eigenvalue weighted by Crippen LogP contribution is 2.26. The molecular weight excluding hydrogens is 244 g/mol. The quantitative estimate of drug-likeness (QED) is 0.572. The van der Waals surface area contributed by atoms with Gasteiger partial charge in [-0.2, -0.15) is 0 Å². The Morgan fingerprint density at radius 2 is 2.05 bits per heavy atom. The number of hydrogen-bond acceptors (Lipinski definition) is 5. The maximum atomic E-state index is 11.4. The number of methoxy groups -OCH3 is 1. The molecule has 5 heteroatoms. The third-order valence-corrected chi connectivity index (χ3v) is 3.53. The maximum Gasteiger partial charge on any atom is 0.337 e. The Kier molecular flexibility index (Phi) is 4.27. The van der Waals surface area contributed by atoms with Crippen LogP contribution in [0.15, 0.2) is 18.2 Å². The molecule has 104 valence electrons. The van der Waals surface area contributed by atoms with Crippen LogP contribution in [0.1, 0.15) is 36.0 Å². The SMILES string of the molecule is COC(=O)c1ccc(NC2CCC(O)CC2)c(N)c1. The zero-order valence-electron chi connectivity index (χ0n) is 11.1. The van der Waals surface area contributed by atoms with Gasteiger partial charge in [0.1, 0.15) is 0 Å². The minimum atomic E-state index is -0.390. The minimum Gasteiger partial charge on any atom is -0.465 e. The van der Waals surface area contributed by atoms with Gasteiger partial charge in [-0.05, 0) is 43.9 Å². The lowest BCUT2D eigenvalue weighted by atomic mass is 9.93. The van der Waals surface area contributed by atoms with E-state index in [4.69, 9.17) is 5.73 Å². The van der Waals surface area contributed by atoms with Crippen LogP contribution >= 0.6 is 0 Å². The third kappa shape index (κ3) is 3.38. The Hall–Kier alpha value is -1.75. The summed E-state index contributed by atoms with van der Waals surface area (Å²) >= 11 is 0. The smallest absolute Gasteiger partial charge is 0.337 e. The number of nitrogens with one attached hydrogen (secondary N) is 1. The summed E-state index contributed by atoms with van der Waals surface area (Å²) in [6.07, 6.45) is 3.33. The molecule has 0 aliphatic heterocycles. The van der Waals surface area contributed by atoms with Crippen molar-refractivity contribution in [2.75, 3.05) is 18.2 Å². The molecule has 0 heterocycles. The van der Waals surface area contributed by atoms with Gasteiger partial charge in [0.2, 0.25) is 0 Å². The van der Waals surface area contributed by atoms with E-state index in [1.165, 1.54) is 7.11 Å². The van der Waals surface area contributed by atoms with E-state index < -0.39 is 0 Å². The highest BCUT2D eigenvalue weighted by molar-refractivity contribution is 5.91. The number of carbonyl (C=O) groups excluding carboxylic acids is 1. The average molecular weight is 264 g/mol. The summed E-state index contributed by atoms with van der Waals surface area (Å²) in [5, 5.41) is 12.8. The summed E-state index contributed by atoms with van der Waals surface area (Å²) in [7, 11) is 1.35. The van der Waals surface area contributed by atoms with Gasteiger partial charge in [0, 0.05) is 6.04 Å². The number of nitrogen functional groups attached to an aromatic ring is 1. The molecule has 19 heavy (non-hydrogen) atoms. The first-order valence-corrected chi connectivity index (χ1v) is 6.52. The number of hydrogen-bond donors (Lipinski definition) is 3. The molecule has 1 aliphatic rings. The number of nitrogens with two attached hydrogens (primary N) is 1. The number of carbonyl (C=O) groups is 1. The Morgan fingerprint density at radius 3 is 2.63 bits per heavy atom. The fourth-order valence-corrected chi connectivity index (χ4v) is 2.38. The Morgan fingerprint density at radius 1 is 1.37 bits per heavy atom. The summed E-state index contributed by atoms with van der Waals surface area (Å²) in [6.45, 7) is 0. The first-order valence-electron chi connectivity index (χ1n) is 6.52. The van der Waals surface area contributed by atoms with Gasteiger partial charge in [-0.1, -0.05) is 0 Å². The van der Waals surface area contributed by atoms with Crippen molar-refractivity contribution >= 4 is 17.3 Å². The fourth-order valence-electron chi connectivity index (χ4n) is 2.38. The van der Waals surface area contributed by atoms with E-state index in [1.54, 1.807) is 18.2 Å². The number of anilines is 2. The van der Waals surface area contributed by atoms with Gasteiger partial charge in [-0.25, -0.2) is 4.79 Å². The monoisotopic (exact) mass is 264 g/mol. The first kappa shape index (κ1) is 13.7. The zero-order chi connectivity index (χ0) is 13.8. The van der Waals surface area contributed by atoms with E-state index in [0.29, 0.717) is 17.3 Å². The molecule has 0 unspecified atom stereocenters. The molecule has 1 aromatic rings. The van der Waals surface area contributed by atoms with E-state index in [9.17, 15) is 9.90 Å². The van der Waals surface area contributed by atoms with Crippen LogP contribution < -0.4 is 11.1 Å². The molecule has 1 aliphatic carbocycles. The summed E-state index contributed by atoms with van der Waals surface area (Å²) in [5.74, 6) is -0.390. The minimum absolute atomic E-state index is 0.169. The number of aliphatic hydroxyl groups excluding tert-OH is 1. The number of ether oxygens (including phenoxy) is 1. The lowest BCUT2D eigenvalue weighted by Crippen LogP contribution is -2.28. The summed E-state index contributed by atoms with van der Waals surface area (Å²) in [5.41, 5.74) is 7.75. The van der Waals surface area contributed by atoms with Gasteiger partial charge in [-0.15, -0.1) is 0 Å². The largest absolute Gasteiger partial charge is 0.465 e. The predicted molar refractivity (Wildman–Crippen MR) is 74.1 cm³/mol. The fraction of sp³-hybridized carbons (Fsp3) is 0.500. The van der Waals surface area contributed by atoms with E-state index in [0.717, 1.165) is 31.4 Å². The van der Waals surface area contributed by atoms with Crippen LogP contribution in [0.3, 0.4) is 0 Å². The van der Waals surface area contributed by atoms with E-state index in [-0.39, 0.29) is 12.1 Å². The normalized spacial score (nSPS) is 22.8. The van der Waals surface area contributed by atoms with E-state index in [2.05, 4.69) is 10.1 Å². The van der Waals surface area contributed by atoms with Crippen molar-refractivity contribution in [3.8, 4) is 0 Å². The summed E-state index contributed by atoms with van der Waals surface area (Å²) < 4.78 is 4.65. The van der Waals surface area contributed by atoms with Gasteiger partial charge < -0.3 is 20.9 Å². The Bertz CT molecular complexity index is 454. The maximum absolute atomic E-state index is 11.4. The highest BCUT2D eigenvalue weighted by Gasteiger charge is 2.19. The summed E-state index contributed by atoms with van der Waals surface area (Å²) in [4.78, 5) is 11.4. The molecule has 0 atom stereocenters.